The van der Waals surface area contributed by atoms with E-state index in [1.165, 1.54) is 18.2 Å². The predicted molar refractivity (Wildman–Crippen MR) is 75.0 cm³/mol. The largest absolute Gasteiger partial charge is 0.573 e. The Bertz CT molecular complexity index is 444. The highest BCUT2D eigenvalue weighted by atomic mass is 79.9. The van der Waals surface area contributed by atoms with Crippen LogP contribution in [0.1, 0.15) is 20.8 Å². The zero-order chi connectivity index (χ0) is 15.4. The van der Waals surface area contributed by atoms with Crippen LogP contribution in [0.4, 0.5) is 18.9 Å². The van der Waals surface area contributed by atoms with Gasteiger partial charge in [-0.3, -0.25) is 0 Å². The summed E-state index contributed by atoms with van der Waals surface area (Å²) < 4.78 is 45.9. The van der Waals surface area contributed by atoms with E-state index in [2.05, 4.69) is 26.0 Å². The molecule has 7 heteroatoms. The summed E-state index contributed by atoms with van der Waals surface area (Å²) in [4.78, 5) is 0. The van der Waals surface area contributed by atoms with E-state index in [9.17, 15) is 13.2 Å². The number of rotatable bonds is 5. The molecule has 114 valence electrons. The van der Waals surface area contributed by atoms with Crippen molar-refractivity contribution in [3.63, 3.8) is 0 Å². The van der Waals surface area contributed by atoms with Crippen molar-refractivity contribution in [3.05, 3.63) is 22.7 Å². The molecule has 0 atom stereocenters. The highest BCUT2D eigenvalue weighted by Crippen LogP contribution is 2.32. The number of hydrogen-bond donors (Lipinski definition) is 1. The lowest BCUT2D eigenvalue weighted by molar-refractivity contribution is -0.274. The molecule has 1 aromatic rings. The maximum Gasteiger partial charge on any atom is 0.573 e. The summed E-state index contributed by atoms with van der Waals surface area (Å²) in [5.41, 5.74) is 0.469. The minimum atomic E-state index is -4.70. The zero-order valence-corrected chi connectivity index (χ0v) is 13.1. The molecule has 0 saturated heterocycles. The number of alkyl halides is 3. The Labute approximate surface area is 124 Å². The SMILES string of the molecule is CC(C)(C)OCCNc1ccc(OC(F)(F)F)c(Br)c1. The van der Waals surface area contributed by atoms with Gasteiger partial charge < -0.3 is 14.8 Å². The highest BCUT2D eigenvalue weighted by molar-refractivity contribution is 9.10. The summed E-state index contributed by atoms with van der Waals surface area (Å²) in [7, 11) is 0. The molecule has 0 aliphatic rings. The van der Waals surface area contributed by atoms with Crippen LogP contribution in [0, 0.1) is 0 Å². The first-order chi connectivity index (χ1) is 9.07. The molecule has 0 aliphatic carbocycles. The Balaban J connectivity index is 2.51. The van der Waals surface area contributed by atoms with Gasteiger partial charge in [-0.05, 0) is 54.9 Å². The molecule has 0 aromatic heterocycles. The molecule has 0 bridgehead atoms. The number of halogens is 4. The summed E-state index contributed by atoms with van der Waals surface area (Å²) in [6.07, 6.45) is -4.70. The lowest BCUT2D eigenvalue weighted by Gasteiger charge is -2.20. The summed E-state index contributed by atoms with van der Waals surface area (Å²) in [6, 6.07) is 4.30. The lowest BCUT2D eigenvalue weighted by atomic mass is 10.2. The van der Waals surface area contributed by atoms with Crippen LogP contribution < -0.4 is 10.1 Å². The van der Waals surface area contributed by atoms with Gasteiger partial charge >= 0.3 is 6.36 Å². The lowest BCUT2D eigenvalue weighted by Crippen LogP contribution is -2.23. The molecule has 0 fully saturated rings. The van der Waals surface area contributed by atoms with E-state index in [1.54, 1.807) is 0 Å². The highest BCUT2D eigenvalue weighted by Gasteiger charge is 2.31. The number of anilines is 1. The molecule has 1 rings (SSSR count). The van der Waals surface area contributed by atoms with Crippen LogP contribution in [0.2, 0.25) is 0 Å². The number of nitrogens with one attached hydrogen (secondary N) is 1. The van der Waals surface area contributed by atoms with Gasteiger partial charge in [-0.25, -0.2) is 0 Å². The van der Waals surface area contributed by atoms with E-state index in [-0.39, 0.29) is 15.8 Å². The van der Waals surface area contributed by atoms with E-state index in [0.29, 0.717) is 18.8 Å². The van der Waals surface area contributed by atoms with E-state index in [1.807, 2.05) is 20.8 Å². The van der Waals surface area contributed by atoms with Gasteiger partial charge in [0.25, 0.3) is 0 Å². The van der Waals surface area contributed by atoms with E-state index < -0.39 is 6.36 Å². The molecular formula is C13H17BrF3NO2. The zero-order valence-electron chi connectivity index (χ0n) is 11.5. The van der Waals surface area contributed by atoms with E-state index >= 15 is 0 Å². The Morgan fingerprint density at radius 3 is 2.35 bits per heavy atom. The summed E-state index contributed by atoms with van der Waals surface area (Å²) in [5.74, 6) is -0.269. The topological polar surface area (TPSA) is 30.5 Å². The molecule has 0 unspecified atom stereocenters. The van der Waals surface area contributed by atoms with Crippen LogP contribution in [0.3, 0.4) is 0 Å². The Kier molecular flexibility index (Phi) is 5.70. The molecule has 0 amide bonds. The average molecular weight is 356 g/mol. The fourth-order valence-electron chi connectivity index (χ4n) is 1.37. The van der Waals surface area contributed by atoms with Gasteiger partial charge in [0.2, 0.25) is 0 Å². The quantitative estimate of drug-likeness (QED) is 0.784. The van der Waals surface area contributed by atoms with Crippen molar-refractivity contribution in [3.8, 4) is 5.75 Å². The third-order valence-electron chi connectivity index (χ3n) is 2.12. The van der Waals surface area contributed by atoms with Gasteiger partial charge in [0, 0.05) is 12.2 Å². The van der Waals surface area contributed by atoms with Gasteiger partial charge in [-0.2, -0.15) is 0 Å². The monoisotopic (exact) mass is 355 g/mol. The van der Waals surface area contributed by atoms with Crippen molar-refractivity contribution in [1.82, 2.24) is 0 Å². The van der Waals surface area contributed by atoms with Crippen molar-refractivity contribution in [2.24, 2.45) is 0 Å². The molecule has 0 spiro atoms. The van der Waals surface area contributed by atoms with Crippen molar-refractivity contribution in [2.45, 2.75) is 32.7 Å². The second-order valence-electron chi connectivity index (χ2n) is 5.08. The maximum atomic E-state index is 12.1. The number of benzene rings is 1. The molecule has 1 aromatic carbocycles. The van der Waals surface area contributed by atoms with Crippen LogP contribution in [0.5, 0.6) is 5.75 Å². The minimum Gasteiger partial charge on any atom is -0.405 e. The van der Waals surface area contributed by atoms with Crippen molar-refractivity contribution in [2.75, 3.05) is 18.5 Å². The van der Waals surface area contributed by atoms with Gasteiger partial charge in [-0.1, -0.05) is 0 Å². The third kappa shape index (κ3) is 7.00. The van der Waals surface area contributed by atoms with Crippen molar-refractivity contribution in [1.29, 1.82) is 0 Å². The first-order valence-electron chi connectivity index (χ1n) is 6.00. The summed E-state index contributed by atoms with van der Waals surface area (Å²) in [6.45, 7) is 6.91. The minimum absolute atomic E-state index is 0.216. The van der Waals surface area contributed by atoms with Gasteiger partial charge in [0.15, 0.2) is 0 Å². The summed E-state index contributed by atoms with van der Waals surface area (Å²) >= 11 is 3.04. The standard InChI is InChI=1S/C13H17BrF3NO2/c1-12(2,3)19-7-6-18-9-4-5-11(10(14)8-9)20-13(15,16)17/h4-5,8,18H,6-7H2,1-3H3. The first-order valence-corrected chi connectivity index (χ1v) is 6.79. The fraction of sp³-hybridized carbons (Fsp3) is 0.538. The fourth-order valence-corrected chi connectivity index (χ4v) is 1.83. The molecule has 0 aliphatic heterocycles. The van der Waals surface area contributed by atoms with Crippen LogP contribution in [0.15, 0.2) is 22.7 Å². The normalized spacial score (nSPS) is 12.3. The van der Waals surface area contributed by atoms with Crippen LogP contribution in [-0.4, -0.2) is 25.1 Å². The van der Waals surface area contributed by atoms with Gasteiger partial charge in [-0.15, -0.1) is 13.2 Å². The van der Waals surface area contributed by atoms with Gasteiger partial charge in [0.05, 0.1) is 16.7 Å². The Morgan fingerprint density at radius 2 is 1.85 bits per heavy atom. The second-order valence-corrected chi connectivity index (χ2v) is 5.93. The second kappa shape index (κ2) is 6.67. The van der Waals surface area contributed by atoms with E-state index in [0.717, 1.165) is 0 Å². The Morgan fingerprint density at radius 1 is 1.20 bits per heavy atom. The maximum absolute atomic E-state index is 12.1. The molecule has 1 N–H and O–H groups in total. The van der Waals surface area contributed by atoms with Crippen LogP contribution in [-0.2, 0) is 4.74 Å². The van der Waals surface area contributed by atoms with Crippen molar-refractivity contribution >= 4 is 21.6 Å². The predicted octanol–water partition coefficient (Wildman–Crippen LogP) is 4.57. The molecular weight excluding hydrogens is 339 g/mol. The van der Waals surface area contributed by atoms with Crippen LogP contribution >= 0.6 is 15.9 Å². The molecule has 0 saturated carbocycles. The number of hydrogen-bond acceptors (Lipinski definition) is 3. The molecule has 3 nitrogen and oxygen atoms in total. The molecule has 0 radical (unpaired) electrons. The Hall–Kier alpha value is -0.950. The third-order valence-corrected chi connectivity index (χ3v) is 2.74. The first kappa shape index (κ1) is 17.1. The number of ether oxygens (including phenoxy) is 2. The average Bonchev–Trinajstić information content (AvgIpc) is 2.25. The molecule has 0 heterocycles. The molecule has 20 heavy (non-hydrogen) atoms. The van der Waals surface area contributed by atoms with E-state index in [4.69, 9.17) is 4.74 Å². The van der Waals surface area contributed by atoms with Crippen molar-refractivity contribution < 1.29 is 22.6 Å². The van der Waals surface area contributed by atoms with Crippen LogP contribution in [0.25, 0.3) is 0 Å². The van der Waals surface area contributed by atoms with Gasteiger partial charge in [0.1, 0.15) is 5.75 Å². The smallest absolute Gasteiger partial charge is 0.405 e. The summed E-state index contributed by atoms with van der Waals surface area (Å²) in [5, 5.41) is 3.06.